The van der Waals surface area contributed by atoms with E-state index in [9.17, 15) is 9.90 Å². The molecule has 142 valence electrons. The Hall–Kier alpha value is -2.60. The van der Waals surface area contributed by atoms with E-state index in [2.05, 4.69) is 22.0 Å². The Balaban J connectivity index is 1.61. The average molecular weight is 368 g/mol. The molecule has 4 rings (SSSR count). The van der Waals surface area contributed by atoms with Crippen LogP contribution in [-0.2, 0) is 16.8 Å². The Morgan fingerprint density at radius 1 is 1.26 bits per heavy atom. The van der Waals surface area contributed by atoms with Gasteiger partial charge in [0, 0.05) is 18.8 Å². The molecular formula is C21H24N2O4. The van der Waals surface area contributed by atoms with E-state index >= 15 is 0 Å². The maximum Gasteiger partial charge on any atom is 0.339 e. The first kappa shape index (κ1) is 17.8. The lowest BCUT2D eigenvalue weighted by atomic mass is 9.79. The number of fused-ring (bicyclic) bond motifs is 2. The third kappa shape index (κ3) is 3.14. The minimum absolute atomic E-state index is 0.256. The Morgan fingerprint density at radius 2 is 2.04 bits per heavy atom. The quantitative estimate of drug-likeness (QED) is 0.897. The summed E-state index contributed by atoms with van der Waals surface area (Å²) < 4.78 is 11.7. The summed E-state index contributed by atoms with van der Waals surface area (Å²) in [5, 5.41) is 9.51. The number of aryl methyl sites for hydroxylation is 1. The Labute approximate surface area is 158 Å². The van der Waals surface area contributed by atoms with Crippen LogP contribution in [0.3, 0.4) is 0 Å². The zero-order chi connectivity index (χ0) is 19.0. The molecule has 3 heterocycles. The highest BCUT2D eigenvalue weighted by Gasteiger charge is 2.41. The molecule has 1 aromatic heterocycles. The largest absolute Gasteiger partial charge is 0.497 e. The number of aromatic carboxylic acids is 1. The van der Waals surface area contributed by atoms with Crippen LogP contribution in [0.25, 0.3) is 0 Å². The SMILES string of the molecule is COc1ccc2c(c1)CCOC21CCN(c2nc(C)ccc2C(=O)O)CC1. The summed E-state index contributed by atoms with van der Waals surface area (Å²) in [5.74, 6) is 0.491. The lowest BCUT2D eigenvalue weighted by molar-refractivity contribution is -0.0767. The number of hydrogen-bond acceptors (Lipinski definition) is 5. The molecule has 27 heavy (non-hydrogen) atoms. The van der Waals surface area contributed by atoms with Crippen molar-refractivity contribution >= 4 is 11.8 Å². The smallest absolute Gasteiger partial charge is 0.339 e. The molecule has 2 aliphatic heterocycles. The van der Waals surface area contributed by atoms with Crippen LogP contribution in [0.15, 0.2) is 30.3 Å². The Bertz CT molecular complexity index is 872. The molecule has 2 aliphatic rings. The highest BCUT2D eigenvalue weighted by Crippen LogP contribution is 2.43. The van der Waals surface area contributed by atoms with Gasteiger partial charge in [0.05, 0.1) is 19.3 Å². The van der Waals surface area contributed by atoms with Crippen LogP contribution in [0.4, 0.5) is 5.82 Å². The monoisotopic (exact) mass is 368 g/mol. The highest BCUT2D eigenvalue weighted by atomic mass is 16.5. The van der Waals surface area contributed by atoms with Crippen molar-refractivity contribution in [3.8, 4) is 5.75 Å². The first-order valence-corrected chi connectivity index (χ1v) is 9.30. The van der Waals surface area contributed by atoms with E-state index in [-0.39, 0.29) is 11.2 Å². The zero-order valence-electron chi connectivity index (χ0n) is 15.7. The molecule has 0 radical (unpaired) electrons. The molecule has 0 atom stereocenters. The second-order valence-corrected chi connectivity index (χ2v) is 7.23. The number of pyridine rings is 1. The van der Waals surface area contributed by atoms with E-state index in [1.807, 2.05) is 13.0 Å². The summed E-state index contributed by atoms with van der Waals surface area (Å²) >= 11 is 0. The van der Waals surface area contributed by atoms with Gasteiger partial charge in [-0.1, -0.05) is 6.07 Å². The lowest BCUT2D eigenvalue weighted by Gasteiger charge is -2.45. The van der Waals surface area contributed by atoms with Crippen molar-refractivity contribution in [3.63, 3.8) is 0 Å². The Morgan fingerprint density at radius 3 is 2.74 bits per heavy atom. The second-order valence-electron chi connectivity index (χ2n) is 7.23. The summed E-state index contributed by atoms with van der Waals surface area (Å²) in [4.78, 5) is 18.2. The maximum absolute atomic E-state index is 11.6. The van der Waals surface area contributed by atoms with Crippen molar-refractivity contribution in [1.82, 2.24) is 4.98 Å². The molecule has 1 fully saturated rings. The summed E-state index contributed by atoms with van der Waals surface area (Å²) in [7, 11) is 1.68. The van der Waals surface area contributed by atoms with Crippen molar-refractivity contribution in [2.45, 2.75) is 31.8 Å². The normalized spacial score (nSPS) is 18.2. The predicted molar refractivity (Wildman–Crippen MR) is 102 cm³/mol. The molecule has 0 aliphatic carbocycles. The number of methoxy groups -OCH3 is 1. The van der Waals surface area contributed by atoms with Crippen LogP contribution in [0, 0.1) is 6.92 Å². The molecule has 6 heteroatoms. The topological polar surface area (TPSA) is 71.9 Å². The molecule has 1 spiro atoms. The van der Waals surface area contributed by atoms with Gasteiger partial charge in [-0.15, -0.1) is 0 Å². The van der Waals surface area contributed by atoms with E-state index in [4.69, 9.17) is 9.47 Å². The number of carboxylic acids is 1. The molecule has 2 aromatic rings. The van der Waals surface area contributed by atoms with Gasteiger partial charge in [-0.3, -0.25) is 0 Å². The summed E-state index contributed by atoms with van der Waals surface area (Å²) in [6, 6.07) is 9.61. The van der Waals surface area contributed by atoms with Gasteiger partial charge >= 0.3 is 5.97 Å². The van der Waals surface area contributed by atoms with E-state index in [0.717, 1.165) is 30.7 Å². The van der Waals surface area contributed by atoms with E-state index in [1.54, 1.807) is 19.2 Å². The number of anilines is 1. The first-order chi connectivity index (χ1) is 13.0. The van der Waals surface area contributed by atoms with Crippen LogP contribution in [0.2, 0.25) is 0 Å². The molecule has 1 saturated heterocycles. The molecule has 0 amide bonds. The van der Waals surface area contributed by atoms with Crippen LogP contribution < -0.4 is 9.64 Å². The van der Waals surface area contributed by atoms with Crippen LogP contribution in [0.5, 0.6) is 5.75 Å². The van der Waals surface area contributed by atoms with Gasteiger partial charge in [-0.05, 0) is 61.6 Å². The van der Waals surface area contributed by atoms with Gasteiger partial charge in [0.15, 0.2) is 0 Å². The summed E-state index contributed by atoms with van der Waals surface area (Å²) in [6.45, 7) is 4.00. The van der Waals surface area contributed by atoms with Crippen molar-refractivity contribution in [3.05, 3.63) is 52.7 Å². The molecule has 1 aromatic carbocycles. The molecule has 1 N–H and O–H groups in total. The van der Waals surface area contributed by atoms with Gasteiger partial charge in [-0.2, -0.15) is 0 Å². The number of nitrogens with zero attached hydrogens (tertiary/aromatic N) is 2. The number of carbonyl (C=O) groups is 1. The predicted octanol–water partition coefficient (Wildman–Crippen LogP) is 3.17. The molecule has 0 saturated carbocycles. The second kappa shape index (κ2) is 6.85. The fourth-order valence-corrected chi connectivity index (χ4v) is 4.23. The van der Waals surface area contributed by atoms with Crippen LogP contribution in [0.1, 0.15) is 40.0 Å². The third-order valence-electron chi connectivity index (χ3n) is 5.67. The van der Waals surface area contributed by atoms with Crippen molar-refractivity contribution < 1.29 is 19.4 Å². The number of aromatic nitrogens is 1. The van der Waals surface area contributed by atoms with E-state index in [1.165, 1.54) is 11.1 Å². The van der Waals surface area contributed by atoms with Gasteiger partial charge in [0.1, 0.15) is 17.1 Å². The minimum Gasteiger partial charge on any atom is -0.497 e. The van der Waals surface area contributed by atoms with Gasteiger partial charge < -0.3 is 19.5 Å². The lowest BCUT2D eigenvalue weighted by Crippen LogP contribution is -2.47. The van der Waals surface area contributed by atoms with Crippen molar-refractivity contribution in [2.75, 3.05) is 31.7 Å². The molecular weight excluding hydrogens is 344 g/mol. The van der Waals surface area contributed by atoms with Crippen LogP contribution in [-0.4, -0.2) is 42.9 Å². The van der Waals surface area contributed by atoms with Crippen molar-refractivity contribution in [2.24, 2.45) is 0 Å². The average Bonchev–Trinajstić information content (AvgIpc) is 2.68. The summed E-state index contributed by atoms with van der Waals surface area (Å²) in [5.41, 5.74) is 3.30. The number of benzene rings is 1. The third-order valence-corrected chi connectivity index (χ3v) is 5.67. The maximum atomic E-state index is 11.6. The molecule has 0 unspecified atom stereocenters. The number of carboxylic acid groups (broad SMARTS) is 1. The zero-order valence-corrected chi connectivity index (χ0v) is 15.7. The standard InChI is InChI=1S/C21H24N2O4/c1-14-3-5-17(20(24)25)19(22-14)23-10-8-21(9-11-23)18-6-4-16(26-2)13-15(18)7-12-27-21/h3-6,13H,7-12H2,1-2H3,(H,24,25). The fraction of sp³-hybridized carbons (Fsp3) is 0.429. The van der Waals surface area contributed by atoms with Gasteiger partial charge in [0.25, 0.3) is 0 Å². The highest BCUT2D eigenvalue weighted by molar-refractivity contribution is 5.93. The molecule has 6 nitrogen and oxygen atoms in total. The first-order valence-electron chi connectivity index (χ1n) is 9.30. The number of piperidine rings is 1. The minimum atomic E-state index is -0.941. The number of hydrogen-bond donors (Lipinski definition) is 1. The fourth-order valence-electron chi connectivity index (χ4n) is 4.23. The molecule has 0 bridgehead atoms. The van der Waals surface area contributed by atoms with Gasteiger partial charge in [0.2, 0.25) is 0 Å². The Kier molecular flexibility index (Phi) is 4.52. The number of rotatable bonds is 3. The van der Waals surface area contributed by atoms with Crippen molar-refractivity contribution in [1.29, 1.82) is 0 Å². The van der Waals surface area contributed by atoms with Gasteiger partial charge in [-0.25, -0.2) is 9.78 Å². The van der Waals surface area contributed by atoms with E-state index in [0.29, 0.717) is 25.5 Å². The number of ether oxygens (including phenoxy) is 2. The summed E-state index contributed by atoms with van der Waals surface area (Å²) in [6.07, 6.45) is 2.50. The van der Waals surface area contributed by atoms with E-state index < -0.39 is 5.97 Å². The van der Waals surface area contributed by atoms with Crippen LogP contribution >= 0.6 is 0 Å².